The number of piperazine rings is 1. The zero-order valence-electron chi connectivity index (χ0n) is 24.9. The molecule has 0 bridgehead atoms. The quantitative estimate of drug-likeness (QED) is 0.335. The first-order valence-corrected chi connectivity index (χ1v) is 15.8. The van der Waals surface area contributed by atoms with Gasteiger partial charge in [-0.1, -0.05) is 18.2 Å². The lowest BCUT2D eigenvalue weighted by atomic mass is 9.85. The van der Waals surface area contributed by atoms with E-state index in [2.05, 4.69) is 25.0 Å². The first kappa shape index (κ1) is 30.9. The van der Waals surface area contributed by atoms with Crippen LogP contribution >= 0.6 is 0 Å². The highest BCUT2D eigenvalue weighted by Crippen LogP contribution is 2.37. The van der Waals surface area contributed by atoms with Crippen molar-refractivity contribution in [2.75, 3.05) is 38.1 Å². The molecule has 1 N–H and O–H groups in total. The van der Waals surface area contributed by atoms with Crippen molar-refractivity contribution in [2.45, 2.75) is 49.8 Å². The molecule has 0 radical (unpaired) electrons. The summed E-state index contributed by atoms with van der Waals surface area (Å²) in [4.78, 5) is 20.9. The fourth-order valence-corrected chi connectivity index (χ4v) is 7.99. The zero-order chi connectivity index (χ0) is 32.3. The van der Waals surface area contributed by atoms with Gasteiger partial charge in [-0.25, -0.2) is 13.4 Å². The van der Waals surface area contributed by atoms with E-state index >= 15 is 0 Å². The highest BCUT2D eigenvalue weighted by Gasteiger charge is 2.40. The van der Waals surface area contributed by atoms with Crippen molar-refractivity contribution >= 4 is 27.5 Å². The van der Waals surface area contributed by atoms with Gasteiger partial charge in [0.25, 0.3) is 0 Å². The number of aromatic nitrogens is 4. The normalized spacial score (nSPS) is 19.6. The second-order valence-electron chi connectivity index (χ2n) is 11.7. The number of fused-ring (bicyclic) bond motifs is 4. The van der Waals surface area contributed by atoms with E-state index in [0.29, 0.717) is 41.2 Å². The number of hydrogen-bond acceptors (Lipinski definition) is 8. The largest absolute Gasteiger partial charge is 0.481 e. The van der Waals surface area contributed by atoms with Crippen LogP contribution in [0, 0.1) is 13.8 Å². The summed E-state index contributed by atoms with van der Waals surface area (Å²) in [6.45, 7) is 5.79. The van der Waals surface area contributed by atoms with Crippen molar-refractivity contribution in [2.24, 2.45) is 0 Å². The number of halogens is 3. The highest BCUT2D eigenvalue weighted by molar-refractivity contribution is 7.89. The Balaban J connectivity index is 1.40. The third kappa shape index (κ3) is 5.64. The van der Waals surface area contributed by atoms with Gasteiger partial charge in [-0.3, -0.25) is 9.20 Å². The Kier molecular flexibility index (Phi) is 7.82. The number of pyridine rings is 2. The monoisotopic (exact) mass is 643 g/mol. The van der Waals surface area contributed by atoms with E-state index in [1.165, 1.54) is 16.6 Å². The van der Waals surface area contributed by atoms with E-state index in [-0.39, 0.29) is 36.1 Å². The van der Waals surface area contributed by atoms with Crippen LogP contribution in [0.1, 0.15) is 46.0 Å². The molecular formula is C30H32F3N7O4S. The first-order valence-electron chi connectivity index (χ1n) is 14.4. The Morgan fingerprint density at radius 1 is 1.11 bits per heavy atom. The van der Waals surface area contributed by atoms with Gasteiger partial charge in [-0.2, -0.15) is 17.5 Å². The van der Waals surface area contributed by atoms with E-state index in [1.807, 2.05) is 20.0 Å². The summed E-state index contributed by atoms with van der Waals surface area (Å²) in [5, 5.41) is 16.9. The predicted octanol–water partition coefficient (Wildman–Crippen LogP) is 3.69. The number of sulfonamides is 1. The Hall–Kier alpha value is -4.08. The van der Waals surface area contributed by atoms with Crippen molar-refractivity contribution in [1.29, 1.82) is 0 Å². The van der Waals surface area contributed by atoms with Gasteiger partial charge in [0.05, 0.1) is 12.5 Å². The predicted molar refractivity (Wildman–Crippen MR) is 158 cm³/mol. The zero-order valence-corrected chi connectivity index (χ0v) is 25.7. The molecule has 1 aromatic carbocycles. The number of likely N-dealkylation sites (N-methyl/N-ethyl adjacent to an activating group) is 1. The summed E-state index contributed by atoms with van der Waals surface area (Å²) in [6, 6.07) is 9.90. The molecule has 1 fully saturated rings. The van der Waals surface area contributed by atoms with E-state index < -0.39 is 33.9 Å². The molecule has 45 heavy (non-hydrogen) atoms. The molecule has 2 atom stereocenters. The van der Waals surface area contributed by atoms with Crippen molar-refractivity contribution in [3.63, 3.8) is 0 Å². The number of carboxylic acid groups (broad SMARTS) is 1. The molecule has 2 aliphatic heterocycles. The van der Waals surface area contributed by atoms with Crippen LogP contribution in [0.4, 0.5) is 19.0 Å². The summed E-state index contributed by atoms with van der Waals surface area (Å²) in [6.07, 6.45) is -2.26. The van der Waals surface area contributed by atoms with Gasteiger partial charge in [0.15, 0.2) is 5.65 Å². The average molecular weight is 644 g/mol. The molecule has 1 saturated heterocycles. The Morgan fingerprint density at radius 2 is 1.89 bits per heavy atom. The smallest absolute Gasteiger partial charge is 0.452 e. The molecule has 0 saturated carbocycles. The third-order valence-electron chi connectivity index (χ3n) is 8.74. The SMILES string of the molecule is Cc1ccc([C@@H](CC(=O)O)c2ccn3c(C(F)(F)F)nnc3c2C)cc1CN1C[C@@H]2CN(C)CCN2c2ncccc2S1(=O)=O. The lowest BCUT2D eigenvalue weighted by Crippen LogP contribution is -2.55. The molecule has 0 amide bonds. The maximum atomic E-state index is 14.1. The molecule has 4 aromatic rings. The highest BCUT2D eigenvalue weighted by atomic mass is 32.2. The molecule has 0 spiro atoms. The topological polar surface area (TPSA) is 124 Å². The van der Waals surface area contributed by atoms with E-state index in [0.717, 1.165) is 16.5 Å². The Bertz CT molecular complexity index is 1900. The van der Waals surface area contributed by atoms with Crippen molar-refractivity contribution in [3.05, 3.63) is 82.4 Å². The molecule has 11 nitrogen and oxygen atoms in total. The Labute approximate surface area is 258 Å². The van der Waals surface area contributed by atoms with E-state index in [4.69, 9.17) is 0 Å². The Morgan fingerprint density at radius 3 is 2.62 bits per heavy atom. The number of carboxylic acids is 1. The number of benzene rings is 1. The summed E-state index contributed by atoms with van der Waals surface area (Å²) in [5.41, 5.74) is 2.94. The minimum atomic E-state index is -4.71. The third-order valence-corrected chi connectivity index (χ3v) is 10.6. The molecule has 238 valence electrons. The van der Waals surface area contributed by atoms with Gasteiger partial charge in [0.2, 0.25) is 15.8 Å². The van der Waals surface area contributed by atoms with Gasteiger partial charge in [-0.05, 0) is 66.9 Å². The van der Waals surface area contributed by atoms with Crippen molar-refractivity contribution in [3.8, 4) is 0 Å². The molecular weight excluding hydrogens is 611 g/mol. The summed E-state index contributed by atoms with van der Waals surface area (Å²) in [7, 11) is -1.95. The second-order valence-corrected chi connectivity index (χ2v) is 13.6. The molecule has 3 aromatic heterocycles. The number of alkyl halides is 3. The molecule has 0 aliphatic carbocycles. The number of carbonyl (C=O) groups is 1. The first-order chi connectivity index (χ1) is 21.3. The number of aliphatic carboxylic acids is 1. The molecule has 5 heterocycles. The van der Waals surface area contributed by atoms with Crippen LogP contribution in [0.2, 0.25) is 0 Å². The second kappa shape index (κ2) is 11.4. The molecule has 2 aliphatic rings. The maximum Gasteiger partial charge on any atom is 0.452 e. The van der Waals surface area contributed by atoms with E-state index in [1.54, 1.807) is 37.4 Å². The number of anilines is 1. The van der Waals surface area contributed by atoms with Crippen LogP contribution in [-0.2, 0) is 27.5 Å². The summed E-state index contributed by atoms with van der Waals surface area (Å²) >= 11 is 0. The van der Waals surface area contributed by atoms with Gasteiger partial charge in [0.1, 0.15) is 10.7 Å². The van der Waals surface area contributed by atoms with Crippen LogP contribution in [0.15, 0.2) is 53.7 Å². The average Bonchev–Trinajstić information content (AvgIpc) is 3.40. The van der Waals surface area contributed by atoms with Crippen molar-refractivity contribution < 1.29 is 31.5 Å². The minimum absolute atomic E-state index is 0.0208. The minimum Gasteiger partial charge on any atom is -0.481 e. The fraction of sp³-hybridized carbons (Fsp3) is 0.400. The van der Waals surface area contributed by atoms with Gasteiger partial charge in [-0.15, -0.1) is 10.2 Å². The number of rotatable bonds is 6. The van der Waals surface area contributed by atoms with Crippen LogP contribution in [-0.4, -0.2) is 87.5 Å². The lowest BCUT2D eigenvalue weighted by Gasteiger charge is -2.40. The number of hydrogen-bond donors (Lipinski definition) is 1. The van der Waals surface area contributed by atoms with Crippen LogP contribution < -0.4 is 4.90 Å². The summed E-state index contributed by atoms with van der Waals surface area (Å²) in [5.74, 6) is -2.57. The standard InChI is InChI=1S/C30H32F3N7O4S/c1-18-6-7-20(24(14-26(41)42)23-8-10-40-27(19(23)2)35-36-29(40)30(31,32)33)13-21(18)15-38-17-22-16-37(3)11-12-39(22)28-25(45(38,43)44)5-4-9-34-28/h4-10,13,22,24H,11-12,14-17H2,1-3H3,(H,41,42)/t22-,24+/m0/s1. The fourth-order valence-electron chi connectivity index (χ4n) is 6.39. The van der Waals surface area contributed by atoms with Gasteiger partial charge >= 0.3 is 12.1 Å². The van der Waals surface area contributed by atoms with Crippen LogP contribution in [0.3, 0.4) is 0 Å². The van der Waals surface area contributed by atoms with Crippen molar-refractivity contribution in [1.82, 2.24) is 28.8 Å². The summed E-state index contributed by atoms with van der Waals surface area (Å²) < 4.78 is 70.8. The van der Waals surface area contributed by atoms with Gasteiger partial charge < -0.3 is 14.9 Å². The van der Waals surface area contributed by atoms with Crippen LogP contribution in [0.25, 0.3) is 5.65 Å². The van der Waals surface area contributed by atoms with E-state index in [9.17, 15) is 31.5 Å². The number of aryl methyl sites for hydroxylation is 2. The van der Waals surface area contributed by atoms with Crippen LogP contribution in [0.5, 0.6) is 0 Å². The number of nitrogens with zero attached hydrogens (tertiary/aromatic N) is 7. The van der Waals surface area contributed by atoms with Gasteiger partial charge in [0, 0.05) is 51.0 Å². The maximum absolute atomic E-state index is 14.1. The lowest BCUT2D eigenvalue weighted by molar-refractivity contribution is -0.145. The molecule has 15 heteroatoms. The molecule has 0 unspecified atom stereocenters. The molecule has 6 rings (SSSR count).